The molecule has 0 atom stereocenters. The van der Waals surface area contributed by atoms with Crippen molar-refractivity contribution in [3.05, 3.63) is 18.5 Å². The van der Waals surface area contributed by atoms with Crippen molar-refractivity contribution in [1.82, 2.24) is 9.29 Å². The summed E-state index contributed by atoms with van der Waals surface area (Å²) in [6, 6.07) is 1.99. The highest BCUT2D eigenvalue weighted by molar-refractivity contribution is 7.91. The molecule has 1 heterocycles. The summed E-state index contributed by atoms with van der Waals surface area (Å²) in [5.41, 5.74) is 6.15. The van der Waals surface area contributed by atoms with Crippen molar-refractivity contribution in [2.24, 2.45) is 5.73 Å². The van der Waals surface area contributed by atoms with Crippen LogP contribution in [0.5, 0.6) is 0 Å². The van der Waals surface area contributed by atoms with Crippen molar-refractivity contribution in [2.45, 2.75) is 62.8 Å². The molecule has 0 saturated heterocycles. The van der Waals surface area contributed by atoms with Crippen LogP contribution in [0.3, 0.4) is 0 Å². The van der Waals surface area contributed by atoms with Gasteiger partial charge in [0.25, 0.3) is 10.0 Å². The predicted molar refractivity (Wildman–Crippen MR) is 100 cm³/mol. The second-order valence-electron chi connectivity index (χ2n) is 6.07. The molecule has 0 amide bonds. The number of nitrogens with one attached hydrogen (secondary N) is 1. The van der Waals surface area contributed by atoms with Gasteiger partial charge in [0.1, 0.15) is 4.90 Å². The molecule has 1 aliphatic carbocycles. The molecule has 0 spiro atoms. The lowest BCUT2D eigenvalue weighted by atomic mass is 9.96. The van der Waals surface area contributed by atoms with E-state index in [1.807, 2.05) is 0 Å². The van der Waals surface area contributed by atoms with E-state index >= 15 is 0 Å². The van der Waals surface area contributed by atoms with Gasteiger partial charge in [-0.3, -0.25) is 4.98 Å². The molecule has 0 radical (unpaired) electrons. The molecule has 24 heavy (non-hydrogen) atoms. The SMILES string of the molecule is CCN(C(N)=S)S(=O)(=O)c1cnccc1NC1CCCCCCC1. The summed E-state index contributed by atoms with van der Waals surface area (Å²) in [6.45, 7) is 1.89. The van der Waals surface area contributed by atoms with Gasteiger partial charge in [-0.05, 0) is 38.0 Å². The van der Waals surface area contributed by atoms with E-state index in [0.29, 0.717) is 5.69 Å². The van der Waals surface area contributed by atoms with Gasteiger partial charge < -0.3 is 11.1 Å². The molecule has 3 N–H and O–H groups in total. The fourth-order valence-corrected chi connectivity index (χ4v) is 4.92. The third-order valence-electron chi connectivity index (χ3n) is 4.35. The number of sulfonamides is 1. The van der Waals surface area contributed by atoms with Gasteiger partial charge in [0, 0.05) is 25.0 Å². The number of nitrogens with zero attached hydrogens (tertiary/aromatic N) is 2. The Bertz CT molecular complexity index is 656. The molecule has 2 rings (SSSR count). The van der Waals surface area contributed by atoms with E-state index in [1.165, 1.54) is 38.3 Å². The third-order valence-corrected chi connectivity index (χ3v) is 6.60. The van der Waals surface area contributed by atoms with Crippen LogP contribution in [0.2, 0.25) is 0 Å². The molecule has 1 aliphatic rings. The highest BCUT2D eigenvalue weighted by atomic mass is 32.2. The van der Waals surface area contributed by atoms with Crippen molar-refractivity contribution >= 4 is 33.0 Å². The summed E-state index contributed by atoms with van der Waals surface area (Å²) < 4.78 is 26.8. The van der Waals surface area contributed by atoms with Gasteiger partial charge >= 0.3 is 0 Å². The Labute approximate surface area is 149 Å². The van der Waals surface area contributed by atoms with Crippen molar-refractivity contribution in [2.75, 3.05) is 11.9 Å². The zero-order valence-corrected chi connectivity index (χ0v) is 15.7. The molecule has 1 saturated carbocycles. The molecule has 1 aromatic rings. The van der Waals surface area contributed by atoms with Gasteiger partial charge in [-0.1, -0.05) is 32.1 Å². The average molecular weight is 371 g/mol. The largest absolute Gasteiger partial charge is 0.381 e. The first-order valence-electron chi connectivity index (χ1n) is 8.49. The Kier molecular flexibility index (Phi) is 6.79. The average Bonchev–Trinajstić information content (AvgIpc) is 2.50. The van der Waals surface area contributed by atoms with E-state index in [0.717, 1.165) is 17.1 Å². The zero-order chi connectivity index (χ0) is 17.6. The molecule has 0 aromatic carbocycles. The van der Waals surface area contributed by atoms with E-state index in [2.05, 4.69) is 10.3 Å². The molecule has 134 valence electrons. The normalized spacial score (nSPS) is 16.9. The fraction of sp³-hybridized carbons (Fsp3) is 0.625. The van der Waals surface area contributed by atoms with E-state index < -0.39 is 10.0 Å². The van der Waals surface area contributed by atoms with Crippen LogP contribution in [0.15, 0.2) is 23.4 Å². The second kappa shape index (κ2) is 8.62. The quantitative estimate of drug-likeness (QED) is 0.775. The van der Waals surface area contributed by atoms with Crippen LogP contribution in [-0.4, -0.2) is 35.4 Å². The van der Waals surface area contributed by atoms with Crippen LogP contribution in [0.4, 0.5) is 5.69 Å². The smallest absolute Gasteiger partial charge is 0.269 e. The maximum Gasteiger partial charge on any atom is 0.269 e. The standard InChI is InChI=1S/C16H26N4O2S2/c1-2-20(16(17)23)24(21,22)15-12-18-11-10-14(15)19-13-8-6-4-3-5-7-9-13/h10-13H,2-9H2,1H3,(H2,17,23)(H,18,19). The molecule has 1 fully saturated rings. The summed E-state index contributed by atoms with van der Waals surface area (Å²) in [4.78, 5) is 4.11. The molecular weight excluding hydrogens is 344 g/mol. The van der Waals surface area contributed by atoms with E-state index in [1.54, 1.807) is 19.2 Å². The number of nitrogens with two attached hydrogens (primary N) is 1. The lowest BCUT2D eigenvalue weighted by Crippen LogP contribution is -2.40. The first-order valence-corrected chi connectivity index (χ1v) is 10.3. The van der Waals surface area contributed by atoms with Crippen LogP contribution in [0, 0.1) is 0 Å². The fourth-order valence-electron chi connectivity index (χ4n) is 3.09. The minimum absolute atomic E-state index is 0.127. The van der Waals surface area contributed by atoms with E-state index in [9.17, 15) is 8.42 Å². The van der Waals surface area contributed by atoms with E-state index in [4.69, 9.17) is 18.0 Å². The lowest BCUT2D eigenvalue weighted by Gasteiger charge is -2.25. The Morgan fingerprint density at radius 3 is 2.54 bits per heavy atom. The molecule has 0 unspecified atom stereocenters. The molecule has 8 heteroatoms. The lowest BCUT2D eigenvalue weighted by molar-refractivity contribution is 0.470. The third kappa shape index (κ3) is 4.57. The number of thiocarbonyl (C=S) groups is 1. The number of aromatic nitrogens is 1. The number of pyridine rings is 1. The summed E-state index contributed by atoms with van der Waals surface area (Å²) in [5, 5.41) is 3.26. The Hall–Kier alpha value is -1.41. The maximum atomic E-state index is 12.9. The monoisotopic (exact) mass is 370 g/mol. The van der Waals surface area contributed by atoms with Gasteiger partial charge in [-0.2, -0.15) is 0 Å². The molecule has 6 nitrogen and oxygen atoms in total. The number of hydrogen-bond donors (Lipinski definition) is 2. The topological polar surface area (TPSA) is 88.3 Å². The highest BCUT2D eigenvalue weighted by Gasteiger charge is 2.28. The first-order chi connectivity index (χ1) is 11.5. The first kappa shape index (κ1) is 18.9. The van der Waals surface area contributed by atoms with Crippen LogP contribution in [0.1, 0.15) is 51.9 Å². The summed E-state index contributed by atoms with van der Waals surface area (Å²) in [6.07, 6.45) is 11.2. The van der Waals surface area contributed by atoms with Gasteiger partial charge in [0.05, 0.1) is 5.69 Å². The summed E-state index contributed by atoms with van der Waals surface area (Å²) >= 11 is 4.89. The number of rotatable bonds is 5. The molecule has 0 bridgehead atoms. The van der Waals surface area contributed by atoms with Gasteiger partial charge in [0.15, 0.2) is 5.11 Å². The predicted octanol–water partition coefficient (Wildman–Crippen LogP) is 2.86. The van der Waals surface area contributed by atoms with Crippen LogP contribution < -0.4 is 11.1 Å². The van der Waals surface area contributed by atoms with Gasteiger partial charge in [0.2, 0.25) is 0 Å². The van der Waals surface area contributed by atoms with Gasteiger partial charge in [-0.25, -0.2) is 12.7 Å². The van der Waals surface area contributed by atoms with Crippen molar-refractivity contribution in [3.8, 4) is 0 Å². The van der Waals surface area contributed by atoms with Crippen LogP contribution in [0.25, 0.3) is 0 Å². The van der Waals surface area contributed by atoms with E-state index in [-0.39, 0.29) is 22.6 Å². The maximum absolute atomic E-state index is 12.9. The minimum atomic E-state index is -3.81. The number of anilines is 1. The second-order valence-corrected chi connectivity index (χ2v) is 8.32. The van der Waals surface area contributed by atoms with Crippen LogP contribution in [-0.2, 0) is 10.0 Å². The summed E-state index contributed by atoms with van der Waals surface area (Å²) in [7, 11) is -3.81. The van der Waals surface area contributed by atoms with Crippen molar-refractivity contribution in [3.63, 3.8) is 0 Å². The zero-order valence-electron chi connectivity index (χ0n) is 14.1. The Balaban J connectivity index is 2.27. The van der Waals surface area contributed by atoms with Crippen molar-refractivity contribution < 1.29 is 8.42 Å². The van der Waals surface area contributed by atoms with Gasteiger partial charge in [-0.15, -0.1) is 0 Å². The molecule has 0 aliphatic heterocycles. The van der Waals surface area contributed by atoms with Crippen LogP contribution >= 0.6 is 12.2 Å². The minimum Gasteiger partial charge on any atom is -0.381 e. The Morgan fingerprint density at radius 2 is 1.96 bits per heavy atom. The summed E-state index contributed by atoms with van der Waals surface area (Å²) in [5.74, 6) is 0. The molecular formula is C16H26N4O2S2. The Morgan fingerprint density at radius 1 is 1.33 bits per heavy atom. The van der Waals surface area contributed by atoms with Crippen molar-refractivity contribution in [1.29, 1.82) is 0 Å². The molecule has 1 aromatic heterocycles. The number of hydrogen-bond acceptors (Lipinski definition) is 5. The highest BCUT2D eigenvalue weighted by Crippen LogP contribution is 2.27.